The van der Waals surface area contributed by atoms with Gasteiger partial charge in [0, 0.05) is 38.2 Å². The van der Waals surface area contributed by atoms with Crippen LogP contribution in [0.5, 0.6) is 0 Å². The van der Waals surface area contributed by atoms with Crippen molar-refractivity contribution < 1.29 is 22.9 Å². The molecule has 1 heterocycles. The molecular formula is C24H26F3N3O3. The predicted octanol–water partition coefficient (Wildman–Crippen LogP) is 5.09. The number of amides is 1. The zero-order valence-corrected chi connectivity index (χ0v) is 18.1. The van der Waals surface area contributed by atoms with Gasteiger partial charge >= 0.3 is 6.18 Å². The second-order valence-corrected chi connectivity index (χ2v) is 8.03. The summed E-state index contributed by atoms with van der Waals surface area (Å²) >= 11 is 0. The predicted molar refractivity (Wildman–Crippen MR) is 120 cm³/mol. The highest BCUT2D eigenvalue weighted by atomic mass is 19.4. The maximum absolute atomic E-state index is 13.1. The van der Waals surface area contributed by atoms with Crippen molar-refractivity contribution in [2.75, 3.05) is 31.1 Å². The molecule has 0 bridgehead atoms. The topological polar surface area (TPSA) is 66.7 Å². The molecule has 2 aromatic rings. The van der Waals surface area contributed by atoms with Crippen LogP contribution in [-0.4, -0.2) is 41.9 Å². The molecule has 6 nitrogen and oxygen atoms in total. The third-order valence-electron chi connectivity index (χ3n) is 5.86. The van der Waals surface area contributed by atoms with Crippen molar-refractivity contribution in [1.82, 2.24) is 4.90 Å². The minimum absolute atomic E-state index is 0.00685. The summed E-state index contributed by atoms with van der Waals surface area (Å²) in [7, 11) is 0. The van der Waals surface area contributed by atoms with Gasteiger partial charge in [-0.2, -0.15) is 13.2 Å². The Labute approximate surface area is 190 Å². The van der Waals surface area contributed by atoms with E-state index in [-0.39, 0.29) is 17.5 Å². The van der Waals surface area contributed by atoms with E-state index in [4.69, 9.17) is 0 Å². The maximum atomic E-state index is 13.1. The Hall–Kier alpha value is -3.36. The summed E-state index contributed by atoms with van der Waals surface area (Å²) in [4.78, 5) is 27.2. The summed E-state index contributed by atoms with van der Waals surface area (Å²) in [5.41, 5.74) is -0.359. The zero-order valence-electron chi connectivity index (χ0n) is 18.1. The van der Waals surface area contributed by atoms with Crippen molar-refractivity contribution in [2.24, 2.45) is 5.92 Å². The van der Waals surface area contributed by atoms with E-state index in [1.165, 1.54) is 0 Å². The van der Waals surface area contributed by atoms with Crippen LogP contribution in [0, 0.1) is 16.0 Å². The molecule has 0 unspecified atom stereocenters. The van der Waals surface area contributed by atoms with Crippen LogP contribution in [0.2, 0.25) is 0 Å². The van der Waals surface area contributed by atoms with Gasteiger partial charge in [0.1, 0.15) is 5.69 Å². The number of nitro benzene ring substituents is 1. The molecular weight excluding hydrogens is 435 g/mol. The number of carbonyl (C=O) groups excluding carboxylic acids is 1. The fourth-order valence-electron chi connectivity index (χ4n) is 4.09. The number of carbonyl (C=O) groups is 1. The molecule has 3 rings (SSSR count). The second kappa shape index (κ2) is 10.5. The smallest absolute Gasteiger partial charge is 0.366 e. The molecule has 1 fully saturated rings. The van der Waals surface area contributed by atoms with E-state index in [9.17, 15) is 28.1 Å². The van der Waals surface area contributed by atoms with Gasteiger partial charge < -0.3 is 9.80 Å². The maximum Gasteiger partial charge on any atom is 0.416 e. The van der Waals surface area contributed by atoms with E-state index in [0.29, 0.717) is 45.1 Å². The molecule has 33 heavy (non-hydrogen) atoms. The molecule has 1 amide bonds. The van der Waals surface area contributed by atoms with Crippen molar-refractivity contribution in [3.05, 3.63) is 82.4 Å². The van der Waals surface area contributed by atoms with Crippen LogP contribution in [0.15, 0.2) is 61.2 Å². The van der Waals surface area contributed by atoms with Crippen molar-refractivity contribution in [1.29, 1.82) is 0 Å². The van der Waals surface area contributed by atoms with Gasteiger partial charge in [-0.1, -0.05) is 36.4 Å². The number of nitrogens with zero attached hydrogens (tertiary/aromatic N) is 3. The van der Waals surface area contributed by atoms with Gasteiger partial charge in [0.2, 0.25) is 5.91 Å². The Balaban J connectivity index is 1.66. The molecule has 0 N–H and O–H groups in total. The molecule has 0 aromatic heterocycles. The first-order valence-electron chi connectivity index (χ1n) is 10.7. The van der Waals surface area contributed by atoms with Crippen molar-refractivity contribution in [3.8, 4) is 0 Å². The van der Waals surface area contributed by atoms with Crippen LogP contribution in [0.1, 0.15) is 24.0 Å². The van der Waals surface area contributed by atoms with Crippen molar-refractivity contribution in [3.63, 3.8) is 0 Å². The first-order valence-corrected chi connectivity index (χ1v) is 10.7. The van der Waals surface area contributed by atoms with Gasteiger partial charge in [-0.25, -0.2) is 0 Å². The number of rotatable bonds is 8. The van der Waals surface area contributed by atoms with Gasteiger partial charge in [-0.3, -0.25) is 14.9 Å². The molecule has 1 aliphatic heterocycles. The Morgan fingerprint density at radius 3 is 2.42 bits per heavy atom. The molecule has 0 saturated carbocycles. The molecule has 0 radical (unpaired) electrons. The van der Waals surface area contributed by atoms with E-state index in [0.717, 1.165) is 24.1 Å². The molecule has 0 spiro atoms. The lowest BCUT2D eigenvalue weighted by molar-refractivity contribution is -0.384. The van der Waals surface area contributed by atoms with Crippen LogP contribution < -0.4 is 4.90 Å². The zero-order chi connectivity index (χ0) is 24.0. The van der Waals surface area contributed by atoms with Gasteiger partial charge in [0.15, 0.2) is 0 Å². The Morgan fingerprint density at radius 2 is 1.85 bits per heavy atom. The van der Waals surface area contributed by atoms with E-state index >= 15 is 0 Å². The number of nitro groups is 1. The number of alkyl halides is 3. The largest absolute Gasteiger partial charge is 0.416 e. The lowest BCUT2D eigenvalue weighted by atomic mass is 9.94. The molecule has 176 valence electrons. The molecule has 0 aliphatic carbocycles. The molecule has 1 saturated heterocycles. The van der Waals surface area contributed by atoms with Crippen LogP contribution in [0.25, 0.3) is 0 Å². The van der Waals surface area contributed by atoms with E-state index < -0.39 is 22.4 Å². The Bertz CT molecular complexity index is 987. The van der Waals surface area contributed by atoms with Crippen LogP contribution in [-0.2, 0) is 17.4 Å². The van der Waals surface area contributed by atoms with Crippen molar-refractivity contribution >= 4 is 17.3 Å². The van der Waals surface area contributed by atoms with Crippen molar-refractivity contribution in [2.45, 2.75) is 25.4 Å². The molecule has 1 aliphatic rings. The lowest BCUT2D eigenvalue weighted by Gasteiger charge is -2.35. The summed E-state index contributed by atoms with van der Waals surface area (Å²) in [6, 6.07) is 12.4. The number of hydrogen-bond acceptors (Lipinski definition) is 4. The van der Waals surface area contributed by atoms with E-state index in [1.807, 2.05) is 30.3 Å². The summed E-state index contributed by atoms with van der Waals surface area (Å²) in [6.07, 6.45) is -1.32. The monoisotopic (exact) mass is 461 g/mol. The van der Waals surface area contributed by atoms with E-state index in [2.05, 4.69) is 6.58 Å². The number of benzene rings is 2. The fourth-order valence-corrected chi connectivity index (χ4v) is 4.09. The first kappa shape index (κ1) is 24.3. The number of hydrogen-bond donors (Lipinski definition) is 0. The lowest BCUT2D eigenvalue weighted by Crippen LogP contribution is -2.43. The van der Waals surface area contributed by atoms with Gasteiger partial charge in [-0.15, -0.1) is 6.58 Å². The fraction of sp³-hybridized carbons (Fsp3) is 0.375. The highest BCUT2D eigenvalue weighted by molar-refractivity contribution is 5.79. The third kappa shape index (κ3) is 6.12. The summed E-state index contributed by atoms with van der Waals surface area (Å²) in [6.45, 7) is 5.42. The molecule has 9 heteroatoms. The number of piperidine rings is 1. The first-order chi connectivity index (χ1) is 15.7. The number of anilines is 1. The minimum Gasteiger partial charge on any atom is -0.366 e. The quantitative estimate of drug-likeness (QED) is 0.312. The normalized spacial score (nSPS) is 14.7. The summed E-state index contributed by atoms with van der Waals surface area (Å²) in [5.74, 6) is -0.238. The summed E-state index contributed by atoms with van der Waals surface area (Å²) in [5, 5.41) is 11.4. The SMILES string of the molecule is C=CCN(CCc1ccccc1)C(=O)C1CCN(c2ccc(C(F)(F)F)cc2[N+](=O)[O-])CC1. The van der Waals surface area contributed by atoms with Gasteiger partial charge in [-0.05, 0) is 37.0 Å². The van der Waals surface area contributed by atoms with Gasteiger partial charge in [0.25, 0.3) is 5.69 Å². The highest BCUT2D eigenvalue weighted by Gasteiger charge is 2.35. The Kier molecular flexibility index (Phi) is 7.73. The second-order valence-electron chi connectivity index (χ2n) is 8.03. The van der Waals surface area contributed by atoms with Gasteiger partial charge in [0.05, 0.1) is 10.5 Å². The number of halogens is 3. The van der Waals surface area contributed by atoms with E-state index in [1.54, 1.807) is 15.9 Å². The highest BCUT2D eigenvalue weighted by Crippen LogP contribution is 2.37. The Morgan fingerprint density at radius 1 is 1.18 bits per heavy atom. The average molecular weight is 461 g/mol. The van der Waals surface area contributed by atoms with Crippen LogP contribution in [0.3, 0.4) is 0 Å². The standard InChI is InChI=1S/C24H26F3N3O3/c1-2-13-29(14-10-18-6-4-3-5-7-18)23(31)19-11-15-28(16-12-19)21-9-8-20(24(25,26)27)17-22(21)30(32)33/h2-9,17,19H,1,10-16H2. The van der Waals surface area contributed by atoms with Crippen LogP contribution >= 0.6 is 0 Å². The van der Waals surface area contributed by atoms with Crippen LogP contribution in [0.4, 0.5) is 24.5 Å². The third-order valence-corrected chi connectivity index (χ3v) is 5.86. The molecule has 2 aromatic carbocycles. The summed E-state index contributed by atoms with van der Waals surface area (Å²) < 4.78 is 38.9. The molecule has 0 atom stereocenters. The minimum atomic E-state index is -4.66. The average Bonchev–Trinajstić information content (AvgIpc) is 2.81.